The highest BCUT2D eigenvalue weighted by atomic mass is 16.4. The second-order valence-corrected chi connectivity index (χ2v) is 10.8. The predicted molar refractivity (Wildman–Crippen MR) is 155 cm³/mol. The van der Waals surface area contributed by atoms with Gasteiger partial charge in [0.15, 0.2) is 0 Å². The third-order valence-electron chi connectivity index (χ3n) is 7.00. The van der Waals surface area contributed by atoms with Crippen molar-refractivity contribution in [1.82, 2.24) is 0 Å². The fourth-order valence-electron chi connectivity index (χ4n) is 5.88. The van der Waals surface area contributed by atoms with E-state index in [0.717, 1.165) is 6.42 Å². The molecule has 224 valence electrons. The minimum Gasteiger partial charge on any atom is -0.549 e. The van der Waals surface area contributed by atoms with Gasteiger partial charge >= 0.3 is 0 Å². The Bertz CT molecular complexity index is 424. The predicted octanol–water partition coefficient (Wildman–Crippen LogP) is 5.18. The standard InChI is InChI=1S/2C12H28N.C7H12O4/c2*1-5-9-13(10-6-2,11-7-3)12-8-4;1-2-3-4-5(6(8)9)7(10)11/h2*5-12H2,1-4H3;5H,2-4H2,1H3,(H,8,9)(H,10,11)/q2*+1;/p-2. The molecule has 0 fully saturated rings. The van der Waals surface area contributed by atoms with E-state index >= 15 is 0 Å². The molecule has 0 aliphatic carbocycles. The van der Waals surface area contributed by atoms with Crippen LogP contribution < -0.4 is 10.2 Å². The van der Waals surface area contributed by atoms with Gasteiger partial charge in [0.2, 0.25) is 0 Å². The van der Waals surface area contributed by atoms with Crippen LogP contribution in [0.5, 0.6) is 0 Å². The molecule has 0 aromatic heterocycles. The normalized spacial score (nSPS) is 11.4. The summed E-state index contributed by atoms with van der Waals surface area (Å²) in [6, 6.07) is 0. The highest BCUT2D eigenvalue weighted by Crippen LogP contribution is 2.13. The molecule has 0 aliphatic rings. The van der Waals surface area contributed by atoms with Gasteiger partial charge in [-0.05, 0) is 57.8 Å². The minimum atomic E-state index is -1.56. The van der Waals surface area contributed by atoms with Gasteiger partial charge in [0.1, 0.15) is 0 Å². The number of carboxylic acids is 2. The van der Waals surface area contributed by atoms with E-state index in [2.05, 4.69) is 55.4 Å². The van der Waals surface area contributed by atoms with Crippen molar-refractivity contribution < 1.29 is 28.8 Å². The zero-order valence-electron chi connectivity index (χ0n) is 26.5. The summed E-state index contributed by atoms with van der Waals surface area (Å²) in [5.74, 6) is -4.56. The molecule has 37 heavy (non-hydrogen) atoms. The van der Waals surface area contributed by atoms with Crippen LogP contribution in [0.2, 0.25) is 0 Å². The summed E-state index contributed by atoms with van der Waals surface area (Å²) in [4.78, 5) is 20.2. The van der Waals surface area contributed by atoms with Crippen molar-refractivity contribution in [3.05, 3.63) is 0 Å². The number of hydrogen-bond donors (Lipinski definition) is 0. The molecule has 6 nitrogen and oxygen atoms in total. The van der Waals surface area contributed by atoms with E-state index in [4.69, 9.17) is 0 Å². The summed E-state index contributed by atoms with van der Waals surface area (Å²) < 4.78 is 2.75. The third-order valence-corrected chi connectivity index (χ3v) is 7.00. The number of carbonyl (C=O) groups is 2. The van der Waals surface area contributed by atoms with Crippen LogP contribution in [0.3, 0.4) is 0 Å². The first-order valence-corrected chi connectivity index (χ1v) is 15.7. The minimum absolute atomic E-state index is 0.0984. The van der Waals surface area contributed by atoms with Crippen molar-refractivity contribution in [2.24, 2.45) is 5.92 Å². The second kappa shape index (κ2) is 26.5. The fraction of sp³-hybridized carbons (Fsp3) is 0.935. The van der Waals surface area contributed by atoms with Crippen molar-refractivity contribution in [3.63, 3.8) is 0 Å². The number of rotatable bonds is 21. The lowest BCUT2D eigenvalue weighted by Gasteiger charge is -2.38. The van der Waals surface area contributed by atoms with Crippen molar-refractivity contribution in [2.45, 2.75) is 133 Å². The Morgan fingerprint density at radius 2 is 0.676 bits per heavy atom. The highest BCUT2D eigenvalue weighted by molar-refractivity contribution is 5.90. The molecule has 0 atom stereocenters. The highest BCUT2D eigenvalue weighted by Gasteiger charge is 2.23. The average molecular weight is 531 g/mol. The van der Waals surface area contributed by atoms with Crippen molar-refractivity contribution in [2.75, 3.05) is 52.4 Å². The van der Waals surface area contributed by atoms with Crippen LogP contribution in [0.25, 0.3) is 0 Å². The number of aliphatic carboxylic acids is 2. The topological polar surface area (TPSA) is 80.3 Å². The second-order valence-electron chi connectivity index (χ2n) is 10.8. The molecular formula is C31H66N2O4. The molecule has 6 heteroatoms. The SMILES string of the molecule is CCCCC(C(=O)[O-])C(=O)[O-].CCC[N+](CCC)(CCC)CCC.CCC[N+](CCC)(CCC)CCC. The van der Waals surface area contributed by atoms with Crippen molar-refractivity contribution in [3.8, 4) is 0 Å². The summed E-state index contributed by atoms with van der Waals surface area (Å²) in [7, 11) is 0. The van der Waals surface area contributed by atoms with Gasteiger partial charge < -0.3 is 28.8 Å². The van der Waals surface area contributed by atoms with Gasteiger partial charge in [-0.2, -0.15) is 0 Å². The van der Waals surface area contributed by atoms with Crippen LogP contribution in [0.4, 0.5) is 0 Å². The summed E-state index contributed by atoms with van der Waals surface area (Å²) >= 11 is 0. The molecule has 0 rings (SSSR count). The lowest BCUT2D eigenvalue weighted by molar-refractivity contribution is -0.928. The fourth-order valence-corrected chi connectivity index (χ4v) is 5.88. The molecule has 0 aliphatic heterocycles. The molecule has 0 spiro atoms. The first-order chi connectivity index (χ1) is 17.6. The molecular weight excluding hydrogens is 464 g/mol. The first kappa shape index (κ1) is 40.4. The van der Waals surface area contributed by atoms with E-state index in [1.807, 2.05) is 6.92 Å². The molecule has 0 saturated carbocycles. The van der Waals surface area contributed by atoms with E-state index < -0.39 is 17.9 Å². The lowest BCUT2D eigenvalue weighted by Crippen LogP contribution is -2.50. The van der Waals surface area contributed by atoms with E-state index in [1.165, 1.54) is 113 Å². The number of quaternary nitrogens is 2. The number of carbonyl (C=O) groups excluding carboxylic acids is 2. The van der Waals surface area contributed by atoms with Crippen molar-refractivity contribution in [1.29, 1.82) is 0 Å². The van der Waals surface area contributed by atoms with Gasteiger partial charge in [0.25, 0.3) is 0 Å². The quantitative estimate of drug-likeness (QED) is 0.151. The third kappa shape index (κ3) is 20.5. The number of hydrogen-bond acceptors (Lipinski definition) is 4. The van der Waals surface area contributed by atoms with Gasteiger partial charge in [0, 0.05) is 5.92 Å². The summed E-state index contributed by atoms with van der Waals surface area (Å²) in [5.41, 5.74) is 0. The van der Waals surface area contributed by atoms with Gasteiger partial charge in [-0.15, -0.1) is 0 Å². The zero-order chi connectivity index (χ0) is 29.2. The van der Waals surface area contributed by atoms with Crippen LogP contribution in [-0.2, 0) is 9.59 Å². The zero-order valence-corrected chi connectivity index (χ0v) is 26.5. The van der Waals surface area contributed by atoms with E-state index in [1.54, 1.807) is 0 Å². The number of nitrogens with zero attached hydrogens (tertiary/aromatic N) is 2. The Morgan fingerprint density at radius 3 is 0.811 bits per heavy atom. The molecule has 0 aromatic carbocycles. The van der Waals surface area contributed by atoms with Crippen LogP contribution in [0.1, 0.15) is 133 Å². The Morgan fingerprint density at radius 1 is 0.459 bits per heavy atom. The summed E-state index contributed by atoms with van der Waals surface area (Å²) in [6.07, 6.45) is 12.1. The number of carboxylic acid groups (broad SMARTS) is 2. The van der Waals surface area contributed by atoms with Crippen LogP contribution in [0.15, 0.2) is 0 Å². The number of unbranched alkanes of at least 4 members (excludes halogenated alkanes) is 1. The molecule has 0 heterocycles. The average Bonchev–Trinajstić information content (AvgIpc) is 2.81. The maximum absolute atomic E-state index is 10.1. The molecule has 0 N–H and O–H groups in total. The van der Waals surface area contributed by atoms with Crippen LogP contribution in [-0.4, -0.2) is 73.3 Å². The van der Waals surface area contributed by atoms with E-state index in [-0.39, 0.29) is 6.42 Å². The molecule has 0 radical (unpaired) electrons. The Labute approximate surface area is 232 Å². The molecule has 0 aromatic rings. The maximum Gasteiger partial charge on any atom is 0.0783 e. The van der Waals surface area contributed by atoms with Crippen LogP contribution in [0, 0.1) is 5.92 Å². The maximum atomic E-state index is 10.1. The Kier molecular flexibility index (Phi) is 28.9. The molecule has 0 amide bonds. The first-order valence-electron chi connectivity index (χ1n) is 15.7. The van der Waals surface area contributed by atoms with Gasteiger partial charge in [0.05, 0.1) is 64.3 Å². The van der Waals surface area contributed by atoms with Gasteiger partial charge in [-0.1, -0.05) is 75.2 Å². The van der Waals surface area contributed by atoms with Gasteiger partial charge in [-0.25, -0.2) is 0 Å². The molecule has 0 saturated heterocycles. The smallest absolute Gasteiger partial charge is 0.0783 e. The van der Waals surface area contributed by atoms with Crippen molar-refractivity contribution >= 4 is 11.9 Å². The summed E-state index contributed by atoms with van der Waals surface area (Å²) in [6.45, 7) is 31.4. The molecule has 0 bridgehead atoms. The van der Waals surface area contributed by atoms with E-state index in [9.17, 15) is 19.8 Å². The van der Waals surface area contributed by atoms with E-state index in [0.29, 0.717) is 6.42 Å². The van der Waals surface area contributed by atoms with Gasteiger partial charge in [-0.3, -0.25) is 0 Å². The van der Waals surface area contributed by atoms with Crippen LogP contribution >= 0.6 is 0 Å². The Hall–Kier alpha value is -1.14. The monoisotopic (exact) mass is 531 g/mol. The largest absolute Gasteiger partial charge is 0.549 e. The summed E-state index contributed by atoms with van der Waals surface area (Å²) in [5, 5.41) is 20.2. The molecule has 0 unspecified atom stereocenters. The Balaban J connectivity index is -0.000000471. The lowest BCUT2D eigenvalue weighted by atomic mass is 10.0.